The van der Waals surface area contributed by atoms with Crippen LogP contribution in [0.2, 0.25) is 0 Å². The highest BCUT2D eigenvalue weighted by Gasteiger charge is 2.31. The van der Waals surface area contributed by atoms with Crippen LogP contribution in [0, 0.1) is 5.92 Å². The Labute approximate surface area is 137 Å². The van der Waals surface area contributed by atoms with Gasteiger partial charge in [0, 0.05) is 0 Å². The minimum atomic E-state index is -1.01. The second-order valence-electron chi connectivity index (χ2n) is 6.79. The summed E-state index contributed by atoms with van der Waals surface area (Å²) in [5.41, 5.74) is -0.157. The minimum absolute atomic E-state index is 0.0346. The van der Waals surface area contributed by atoms with Crippen LogP contribution in [-0.4, -0.2) is 41.6 Å². The average molecular weight is 324 g/mol. The van der Waals surface area contributed by atoms with Crippen LogP contribution in [0.25, 0.3) is 0 Å². The summed E-state index contributed by atoms with van der Waals surface area (Å²) in [6.45, 7) is 8.18. The molecule has 0 spiro atoms. The van der Waals surface area contributed by atoms with Crippen molar-refractivity contribution in [2.24, 2.45) is 5.92 Å². The van der Waals surface area contributed by atoms with E-state index in [4.69, 9.17) is 0 Å². The number of thiophene rings is 1. The van der Waals surface area contributed by atoms with Gasteiger partial charge in [-0.15, -0.1) is 0 Å². The molecule has 0 aromatic carbocycles. The van der Waals surface area contributed by atoms with E-state index in [-0.39, 0.29) is 24.4 Å². The van der Waals surface area contributed by atoms with E-state index in [1.54, 1.807) is 18.3 Å². The molecule has 5 heteroatoms. The highest BCUT2D eigenvalue weighted by molar-refractivity contribution is 7.08. The predicted molar refractivity (Wildman–Crippen MR) is 90.9 cm³/mol. The Morgan fingerprint density at radius 1 is 1.41 bits per heavy atom. The molecule has 1 fully saturated rings. The third-order valence-electron chi connectivity index (χ3n) is 4.43. The number of hydrogen-bond acceptors (Lipinski definition) is 4. The Hall–Kier alpha value is -0.910. The molecule has 0 radical (unpaired) electrons. The molecule has 2 rings (SSSR count). The molecular formula is C17H28N2O2S. The Bertz CT molecular complexity index is 465. The summed E-state index contributed by atoms with van der Waals surface area (Å²) >= 11 is 1.55. The largest absolute Gasteiger partial charge is 0.384 e. The van der Waals surface area contributed by atoms with Gasteiger partial charge < -0.3 is 10.4 Å². The summed E-state index contributed by atoms with van der Waals surface area (Å²) in [5, 5.41) is 17.4. The van der Waals surface area contributed by atoms with Crippen molar-refractivity contribution >= 4 is 17.2 Å². The number of carbonyl (C=O) groups is 1. The number of likely N-dealkylation sites (tertiary alicyclic amines) is 1. The zero-order valence-electron chi connectivity index (χ0n) is 13.8. The number of piperidine rings is 1. The van der Waals surface area contributed by atoms with E-state index < -0.39 is 5.60 Å². The lowest BCUT2D eigenvalue weighted by molar-refractivity contribution is -0.129. The van der Waals surface area contributed by atoms with Gasteiger partial charge in [0.05, 0.1) is 12.6 Å². The van der Waals surface area contributed by atoms with E-state index in [9.17, 15) is 9.90 Å². The molecular weight excluding hydrogens is 296 g/mol. The van der Waals surface area contributed by atoms with Crippen molar-refractivity contribution in [3.8, 4) is 0 Å². The van der Waals surface area contributed by atoms with Crippen molar-refractivity contribution in [3.63, 3.8) is 0 Å². The van der Waals surface area contributed by atoms with Crippen LogP contribution in [0.1, 0.15) is 45.6 Å². The van der Waals surface area contributed by atoms with Crippen molar-refractivity contribution in [2.45, 2.75) is 51.7 Å². The van der Waals surface area contributed by atoms with Gasteiger partial charge in [-0.25, -0.2) is 0 Å². The molecule has 1 amide bonds. The smallest absolute Gasteiger partial charge is 0.237 e. The van der Waals surface area contributed by atoms with Crippen molar-refractivity contribution < 1.29 is 9.90 Å². The molecule has 0 aliphatic carbocycles. The molecule has 1 aliphatic heterocycles. The number of carbonyl (C=O) groups excluding carboxylic acids is 1. The van der Waals surface area contributed by atoms with Crippen molar-refractivity contribution in [2.75, 3.05) is 19.6 Å². The first kappa shape index (κ1) is 17.4. The van der Waals surface area contributed by atoms with E-state index in [0.29, 0.717) is 0 Å². The summed E-state index contributed by atoms with van der Waals surface area (Å²) < 4.78 is 0. The topological polar surface area (TPSA) is 52.6 Å². The zero-order chi connectivity index (χ0) is 16.2. The molecule has 1 aliphatic rings. The zero-order valence-corrected chi connectivity index (χ0v) is 14.7. The van der Waals surface area contributed by atoms with Gasteiger partial charge in [0.1, 0.15) is 5.60 Å². The van der Waals surface area contributed by atoms with Crippen LogP contribution in [0.4, 0.5) is 0 Å². The van der Waals surface area contributed by atoms with Gasteiger partial charge in [0.25, 0.3) is 0 Å². The monoisotopic (exact) mass is 324 g/mol. The summed E-state index contributed by atoms with van der Waals surface area (Å²) in [7, 11) is 0. The molecule has 1 aromatic heterocycles. The first-order valence-electron chi connectivity index (χ1n) is 8.18. The fourth-order valence-electron chi connectivity index (χ4n) is 3.12. The normalized spacial score (nSPS) is 20.6. The first-order chi connectivity index (χ1) is 10.4. The number of nitrogens with one attached hydrogen (secondary N) is 1. The molecule has 124 valence electrons. The standard InChI is InChI=1S/C17H28N2O2S/c1-13(2)15(19-8-5-4-6-9-19)16(20)18-12-17(3,21)14-7-10-22-11-14/h7,10-11,13,15,21H,4-6,8-9,12H2,1-3H3,(H,18,20). The Balaban J connectivity index is 1.96. The number of hydrogen-bond donors (Lipinski definition) is 2. The highest BCUT2D eigenvalue weighted by atomic mass is 32.1. The van der Waals surface area contributed by atoms with E-state index in [1.807, 2.05) is 16.8 Å². The highest BCUT2D eigenvalue weighted by Crippen LogP contribution is 2.23. The lowest BCUT2D eigenvalue weighted by Gasteiger charge is -2.36. The number of nitrogens with zero attached hydrogens (tertiary/aromatic N) is 1. The maximum atomic E-state index is 12.6. The molecule has 2 unspecified atom stereocenters. The van der Waals surface area contributed by atoms with Gasteiger partial charge in [-0.05, 0) is 61.2 Å². The quantitative estimate of drug-likeness (QED) is 0.846. The molecule has 0 bridgehead atoms. The fraction of sp³-hybridized carbons (Fsp3) is 0.706. The first-order valence-corrected chi connectivity index (χ1v) is 9.13. The van der Waals surface area contributed by atoms with Gasteiger partial charge in [-0.1, -0.05) is 20.3 Å². The lowest BCUT2D eigenvalue weighted by Crippen LogP contribution is -2.53. The molecule has 0 saturated carbocycles. The van der Waals surface area contributed by atoms with Crippen LogP contribution >= 0.6 is 11.3 Å². The van der Waals surface area contributed by atoms with E-state index >= 15 is 0 Å². The second kappa shape index (κ2) is 7.57. The maximum absolute atomic E-state index is 12.6. The third kappa shape index (κ3) is 4.31. The molecule has 1 saturated heterocycles. The van der Waals surface area contributed by atoms with E-state index in [0.717, 1.165) is 18.7 Å². The predicted octanol–water partition coefficient (Wildman–Crippen LogP) is 2.58. The van der Waals surface area contributed by atoms with Crippen LogP contribution in [0.15, 0.2) is 16.8 Å². The molecule has 2 N–H and O–H groups in total. The third-order valence-corrected chi connectivity index (χ3v) is 5.12. The summed E-state index contributed by atoms with van der Waals surface area (Å²) in [5.74, 6) is 0.302. The van der Waals surface area contributed by atoms with Crippen LogP contribution < -0.4 is 5.32 Å². The molecule has 2 heterocycles. The van der Waals surface area contributed by atoms with E-state index in [1.165, 1.54) is 19.3 Å². The van der Waals surface area contributed by atoms with E-state index in [2.05, 4.69) is 24.1 Å². The second-order valence-corrected chi connectivity index (χ2v) is 7.57. The van der Waals surface area contributed by atoms with Crippen LogP contribution in [0.3, 0.4) is 0 Å². The van der Waals surface area contributed by atoms with Gasteiger partial charge in [-0.2, -0.15) is 11.3 Å². The number of aliphatic hydroxyl groups is 1. The Morgan fingerprint density at radius 2 is 2.09 bits per heavy atom. The van der Waals surface area contributed by atoms with Gasteiger partial charge in [0.2, 0.25) is 5.91 Å². The van der Waals surface area contributed by atoms with Crippen LogP contribution in [0.5, 0.6) is 0 Å². The number of rotatable bonds is 6. The van der Waals surface area contributed by atoms with Crippen molar-refractivity contribution in [1.82, 2.24) is 10.2 Å². The molecule has 4 nitrogen and oxygen atoms in total. The lowest BCUT2D eigenvalue weighted by atomic mass is 9.96. The fourth-order valence-corrected chi connectivity index (χ4v) is 3.91. The van der Waals surface area contributed by atoms with Crippen molar-refractivity contribution in [1.29, 1.82) is 0 Å². The SMILES string of the molecule is CC(C)C(C(=O)NCC(C)(O)c1ccsc1)N1CCCCC1. The number of amides is 1. The van der Waals surface area contributed by atoms with Gasteiger partial charge >= 0.3 is 0 Å². The Morgan fingerprint density at radius 3 is 2.64 bits per heavy atom. The average Bonchev–Trinajstić information content (AvgIpc) is 3.01. The molecule has 22 heavy (non-hydrogen) atoms. The van der Waals surface area contributed by atoms with Crippen LogP contribution in [-0.2, 0) is 10.4 Å². The molecule has 2 atom stereocenters. The summed E-state index contributed by atoms with van der Waals surface area (Å²) in [4.78, 5) is 14.9. The Kier molecular flexibility index (Phi) is 6.01. The van der Waals surface area contributed by atoms with Gasteiger partial charge in [-0.3, -0.25) is 9.69 Å². The molecule has 1 aromatic rings. The summed E-state index contributed by atoms with van der Waals surface area (Å²) in [6, 6.07) is 1.81. The minimum Gasteiger partial charge on any atom is -0.384 e. The van der Waals surface area contributed by atoms with Crippen molar-refractivity contribution in [3.05, 3.63) is 22.4 Å². The van der Waals surface area contributed by atoms with Gasteiger partial charge in [0.15, 0.2) is 0 Å². The summed E-state index contributed by atoms with van der Waals surface area (Å²) in [6.07, 6.45) is 3.60. The maximum Gasteiger partial charge on any atom is 0.237 e.